The summed E-state index contributed by atoms with van der Waals surface area (Å²) >= 11 is 0. The van der Waals surface area contributed by atoms with Crippen molar-refractivity contribution in [3.05, 3.63) is 65.7 Å². The van der Waals surface area contributed by atoms with Gasteiger partial charge in [-0.05, 0) is 43.2 Å². The Labute approximate surface area is 159 Å². The molecule has 27 heavy (non-hydrogen) atoms. The van der Waals surface area contributed by atoms with Gasteiger partial charge in [-0.3, -0.25) is 4.79 Å². The number of hydrogen-bond acceptors (Lipinski definition) is 4. The predicted octanol–water partition coefficient (Wildman–Crippen LogP) is 3.03. The van der Waals surface area contributed by atoms with Crippen molar-refractivity contribution in [1.29, 1.82) is 0 Å². The van der Waals surface area contributed by atoms with Gasteiger partial charge in [0.2, 0.25) is 0 Å². The largest absolute Gasteiger partial charge is 0.480 e. The lowest BCUT2D eigenvalue weighted by Crippen LogP contribution is -2.52. The lowest BCUT2D eigenvalue weighted by molar-refractivity contribution is -0.144. The minimum absolute atomic E-state index is 0.209. The molecule has 1 amide bonds. The van der Waals surface area contributed by atoms with Crippen molar-refractivity contribution in [2.24, 2.45) is 0 Å². The van der Waals surface area contributed by atoms with Crippen LogP contribution in [-0.2, 0) is 20.4 Å². The maximum atomic E-state index is 12.5. The number of carboxylic acid groups (broad SMARTS) is 1. The Balaban J connectivity index is 2.22. The number of carbonyl (C=O) groups is 2. The molecule has 0 heterocycles. The maximum Gasteiger partial charge on any atom is 0.329 e. The van der Waals surface area contributed by atoms with Crippen LogP contribution in [0.15, 0.2) is 59.5 Å². The van der Waals surface area contributed by atoms with E-state index in [2.05, 4.69) is 5.32 Å². The Morgan fingerprint density at radius 3 is 2.33 bits per heavy atom. The van der Waals surface area contributed by atoms with E-state index in [1.165, 1.54) is 31.2 Å². The highest BCUT2D eigenvalue weighted by Gasteiger charge is 2.34. The molecule has 6 nitrogen and oxygen atoms in total. The number of carbonyl (C=O) groups excluding carboxylic acids is 1. The summed E-state index contributed by atoms with van der Waals surface area (Å²) in [6.07, 6.45) is 0.884. The van der Waals surface area contributed by atoms with E-state index < -0.39 is 27.3 Å². The van der Waals surface area contributed by atoms with Crippen LogP contribution in [-0.4, -0.2) is 30.9 Å². The van der Waals surface area contributed by atoms with E-state index in [4.69, 9.17) is 0 Å². The third-order valence-corrected chi connectivity index (χ3v) is 5.96. The highest BCUT2D eigenvalue weighted by atomic mass is 32.2. The zero-order valence-electron chi connectivity index (χ0n) is 15.3. The van der Waals surface area contributed by atoms with E-state index >= 15 is 0 Å². The van der Waals surface area contributed by atoms with E-state index in [9.17, 15) is 23.1 Å². The molecule has 2 aromatic carbocycles. The zero-order chi connectivity index (χ0) is 20.1. The van der Waals surface area contributed by atoms with Gasteiger partial charge in [0.25, 0.3) is 5.91 Å². The first-order valence-electron chi connectivity index (χ1n) is 8.60. The molecule has 144 valence electrons. The molecule has 7 heteroatoms. The molecule has 0 aromatic heterocycles. The van der Waals surface area contributed by atoms with E-state index in [1.807, 2.05) is 6.92 Å². The van der Waals surface area contributed by atoms with Gasteiger partial charge in [0.15, 0.2) is 9.84 Å². The average Bonchev–Trinajstić information content (AvgIpc) is 2.62. The van der Waals surface area contributed by atoms with Crippen LogP contribution in [0.25, 0.3) is 0 Å². The minimum atomic E-state index is -3.54. The zero-order valence-corrected chi connectivity index (χ0v) is 16.1. The fraction of sp³-hybridized carbons (Fsp3) is 0.300. The monoisotopic (exact) mass is 389 g/mol. The molecule has 1 unspecified atom stereocenters. The quantitative estimate of drug-likeness (QED) is 0.723. The number of rotatable bonds is 8. The van der Waals surface area contributed by atoms with Gasteiger partial charge >= 0.3 is 5.97 Å². The predicted molar refractivity (Wildman–Crippen MR) is 102 cm³/mol. The maximum absolute atomic E-state index is 12.5. The summed E-state index contributed by atoms with van der Waals surface area (Å²) < 4.78 is 25.0. The van der Waals surface area contributed by atoms with Gasteiger partial charge < -0.3 is 10.4 Å². The number of aliphatic carboxylic acids is 1. The van der Waals surface area contributed by atoms with Gasteiger partial charge in [-0.15, -0.1) is 0 Å². The minimum Gasteiger partial charge on any atom is -0.480 e. The molecule has 0 spiro atoms. The summed E-state index contributed by atoms with van der Waals surface area (Å²) in [6, 6.07) is 14.3. The van der Waals surface area contributed by atoms with Crippen molar-refractivity contribution in [3.63, 3.8) is 0 Å². The first kappa shape index (κ1) is 20.6. The molecule has 0 radical (unpaired) electrons. The lowest BCUT2D eigenvalue weighted by atomic mass is 9.95. The molecule has 2 aromatic rings. The van der Waals surface area contributed by atoms with Gasteiger partial charge in [0, 0.05) is 5.56 Å². The molecule has 0 saturated carbocycles. The van der Waals surface area contributed by atoms with E-state index in [0.717, 1.165) is 0 Å². The molecule has 0 bridgehead atoms. The Bertz CT molecular complexity index is 924. The number of benzene rings is 2. The second-order valence-electron chi connectivity index (χ2n) is 6.61. The van der Waals surface area contributed by atoms with E-state index in [0.29, 0.717) is 12.0 Å². The number of nitrogens with one attached hydrogen (secondary N) is 1. The molecule has 0 fully saturated rings. The van der Waals surface area contributed by atoms with Crippen molar-refractivity contribution in [2.75, 3.05) is 0 Å². The fourth-order valence-corrected chi connectivity index (χ4v) is 4.14. The average molecular weight is 389 g/mol. The molecular weight excluding hydrogens is 366 g/mol. The van der Waals surface area contributed by atoms with Crippen molar-refractivity contribution in [1.82, 2.24) is 5.32 Å². The first-order valence-corrected chi connectivity index (χ1v) is 10.3. The summed E-state index contributed by atoms with van der Waals surface area (Å²) in [5.41, 5.74) is -0.698. The summed E-state index contributed by atoms with van der Waals surface area (Å²) in [5.74, 6) is -1.91. The number of hydrogen-bond donors (Lipinski definition) is 2. The summed E-state index contributed by atoms with van der Waals surface area (Å²) in [4.78, 5) is 24.2. The first-order chi connectivity index (χ1) is 12.7. The van der Waals surface area contributed by atoms with Gasteiger partial charge in [0.1, 0.15) is 5.54 Å². The van der Waals surface area contributed by atoms with Gasteiger partial charge in [0.05, 0.1) is 10.6 Å². The topological polar surface area (TPSA) is 101 Å². The Morgan fingerprint density at radius 1 is 1.07 bits per heavy atom. The molecule has 2 N–H and O–H groups in total. The summed E-state index contributed by atoms with van der Waals surface area (Å²) in [6.45, 7) is 3.29. The van der Waals surface area contributed by atoms with Gasteiger partial charge in [-0.25, -0.2) is 13.2 Å². The number of amides is 1. The van der Waals surface area contributed by atoms with Crippen LogP contribution < -0.4 is 5.32 Å². The van der Waals surface area contributed by atoms with Crippen molar-refractivity contribution in [2.45, 2.75) is 42.9 Å². The second-order valence-corrected chi connectivity index (χ2v) is 8.60. The third-order valence-electron chi connectivity index (χ3n) is 4.26. The Morgan fingerprint density at radius 2 is 1.74 bits per heavy atom. The Hall–Kier alpha value is -2.67. The standard InChI is InChI=1S/C20H23NO5S/c1-3-12-20(2,19(23)24)21-18(22)16-9-7-8-15(13-16)14-27(25,26)17-10-5-4-6-11-17/h4-11,13H,3,12,14H2,1-2H3,(H,21,22)(H,23,24). The van der Waals surface area contributed by atoms with Crippen LogP contribution in [0, 0.1) is 0 Å². The Kier molecular flexibility index (Phi) is 6.38. The van der Waals surface area contributed by atoms with Crippen molar-refractivity contribution < 1.29 is 23.1 Å². The second kappa shape index (κ2) is 8.35. The van der Waals surface area contributed by atoms with Gasteiger partial charge in [-0.1, -0.05) is 43.7 Å². The fourth-order valence-electron chi connectivity index (χ4n) is 2.78. The van der Waals surface area contributed by atoms with Crippen LogP contribution in [0.3, 0.4) is 0 Å². The molecule has 0 aliphatic carbocycles. The van der Waals surface area contributed by atoms with Gasteiger partial charge in [-0.2, -0.15) is 0 Å². The van der Waals surface area contributed by atoms with Crippen LogP contribution in [0.2, 0.25) is 0 Å². The smallest absolute Gasteiger partial charge is 0.329 e. The molecule has 2 rings (SSSR count). The lowest BCUT2D eigenvalue weighted by Gasteiger charge is -2.25. The highest BCUT2D eigenvalue weighted by molar-refractivity contribution is 7.90. The molecule has 0 aliphatic rings. The van der Waals surface area contributed by atoms with Crippen LogP contribution in [0.1, 0.15) is 42.6 Å². The molecule has 1 atom stereocenters. The van der Waals surface area contributed by atoms with E-state index in [-0.39, 0.29) is 22.6 Å². The van der Waals surface area contributed by atoms with Crippen LogP contribution in [0.4, 0.5) is 0 Å². The third kappa shape index (κ3) is 5.17. The highest BCUT2D eigenvalue weighted by Crippen LogP contribution is 2.18. The SMILES string of the molecule is CCCC(C)(NC(=O)c1cccc(CS(=O)(=O)c2ccccc2)c1)C(=O)O. The molecule has 0 aliphatic heterocycles. The van der Waals surface area contributed by atoms with Crippen molar-refractivity contribution in [3.8, 4) is 0 Å². The number of carboxylic acids is 1. The van der Waals surface area contributed by atoms with E-state index in [1.54, 1.807) is 30.3 Å². The summed E-state index contributed by atoms with van der Waals surface area (Å²) in [5, 5.41) is 11.9. The van der Waals surface area contributed by atoms with Crippen LogP contribution in [0.5, 0.6) is 0 Å². The normalized spacial score (nSPS) is 13.6. The van der Waals surface area contributed by atoms with Crippen LogP contribution >= 0.6 is 0 Å². The number of sulfone groups is 1. The molecular formula is C20H23NO5S. The van der Waals surface area contributed by atoms with Crippen molar-refractivity contribution >= 4 is 21.7 Å². The molecule has 0 saturated heterocycles. The summed E-state index contributed by atoms with van der Waals surface area (Å²) in [7, 11) is -3.54.